The maximum Gasteiger partial charge on any atom is 0.407 e. The quantitative estimate of drug-likeness (QED) is 0.485. The second-order valence-corrected chi connectivity index (χ2v) is 9.77. The molecule has 1 aromatic carbocycles. The third-order valence-corrected chi connectivity index (χ3v) is 6.41. The number of ketones is 1. The van der Waals surface area contributed by atoms with Gasteiger partial charge in [-0.1, -0.05) is 58.0 Å². The van der Waals surface area contributed by atoms with Gasteiger partial charge in [-0.2, -0.15) is 0 Å². The first-order valence-corrected chi connectivity index (χ1v) is 12.4. The van der Waals surface area contributed by atoms with Crippen LogP contribution in [0, 0.1) is 11.8 Å². The van der Waals surface area contributed by atoms with E-state index in [0.717, 1.165) is 5.56 Å². The van der Waals surface area contributed by atoms with Gasteiger partial charge in [0.2, 0.25) is 11.8 Å². The molecule has 12 nitrogen and oxygen atoms in total. The molecule has 12 heteroatoms. The van der Waals surface area contributed by atoms with E-state index in [0.29, 0.717) is 25.2 Å². The predicted octanol–water partition coefficient (Wildman–Crippen LogP) is 1.42. The van der Waals surface area contributed by atoms with Crippen molar-refractivity contribution < 1.29 is 23.9 Å². The van der Waals surface area contributed by atoms with Gasteiger partial charge in [0.05, 0.1) is 13.2 Å². The molecule has 1 aromatic heterocycles. The van der Waals surface area contributed by atoms with Crippen LogP contribution in [0.3, 0.4) is 0 Å². The summed E-state index contributed by atoms with van der Waals surface area (Å²) in [5.74, 6) is -0.978. The van der Waals surface area contributed by atoms with E-state index < -0.39 is 30.1 Å². The Labute approximate surface area is 216 Å². The molecule has 0 aliphatic carbocycles. The van der Waals surface area contributed by atoms with Crippen molar-refractivity contribution >= 4 is 23.7 Å². The molecule has 37 heavy (non-hydrogen) atoms. The van der Waals surface area contributed by atoms with Gasteiger partial charge in [0.1, 0.15) is 18.6 Å². The Balaban J connectivity index is 1.72. The molecule has 0 radical (unpaired) electrons. The Morgan fingerprint density at radius 1 is 1.03 bits per heavy atom. The molecule has 1 saturated heterocycles. The van der Waals surface area contributed by atoms with E-state index in [9.17, 15) is 19.2 Å². The number of hydrogen-bond acceptors (Lipinski definition) is 8. The fourth-order valence-corrected chi connectivity index (χ4v) is 4.40. The Bertz CT molecular complexity index is 1100. The molecule has 2 heterocycles. The Morgan fingerprint density at radius 2 is 1.70 bits per heavy atom. The minimum absolute atomic E-state index is 0.119. The van der Waals surface area contributed by atoms with Crippen LogP contribution < -0.4 is 10.6 Å². The maximum atomic E-state index is 13.3. The first kappa shape index (κ1) is 27.8. The van der Waals surface area contributed by atoms with Gasteiger partial charge in [-0.05, 0) is 35.1 Å². The molecule has 1 aliphatic heterocycles. The molecular formula is C25H35N7O5. The summed E-state index contributed by atoms with van der Waals surface area (Å²) in [6, 6.07) is 6.90. The predicted molar refractivity (Wildman–Crippen MR) is 134 cm³/mol. The van der Waals surface area contributed by atoms with Gasteiger partial charge in [0.25, 0.3) is 0 Å². The van der Waals surface area contributed by atoms with Crippen molar-refractivity contribution in [3.8, 4) is 11.4 Å². The fourth-order valence-electron chi connectivity index (χ4n) is 4.40. The highest BCUT2D eigenvalue weighted by Crippen LogP contribution is 2.21. The van der Waals surface area contributed by atoms with Gasteiger partial charge in [-0.15, -0.1) is 5.10 Å². The number of tetrazole rings is 1. The Kier molecular flexibility index (Phi) is 9.31. The highest BCUT2D eigenvalue weighted by Gasteiger charge is 2.40. The Hall–Kier alpha value is -3.83. The zero-order chi connectivity index (χ0) is 27.1. The summed E-state index contributed by atoms with van der Waals surface area (Å²) >= 11 is 0. The van der Waals surface area contributed by atoms with E-state index in [4.69, 9.17) is 0 Å². The number of carbonyl (C=O) groups excluding carboxylic acids is 4. The number of methoxy groups -OCH3 is 1. The zero-order valence-electron chi connectivity index (χ0n) is 21.9. The molecule has 0 saturated carbocycles. The van der Waals surface area contributed by atoms with Crippen LogP contribution in [-0.2, 0) is 25.7 Å². The second kappa shape index (κ2) is 12.4. The van der Waals surface area contributed by atoms with E-state index in [1.54, 1.807) is 13.8 Å². The smallest absolute Gasteiger partial charge is 0.407 e. The highest BCUT2D eigenvalue weighted by molar-refractivity contribution is 5.95. The van der Waals surface area contributed by atoms with E-state index in [-0.39, 0.29) is 30.1 Å². The van der Waals surface area contributed by atoms with E-state index in [1.807, 2.05) is 44.2 Å². The van der Waals surface area contributed by atoms with Gasteiger partial charge in [0.15, 0.2) is 11.6 Å². The summed E-state index contributed by atoms with van der Waals surface area (Å²) in [5, 5.41) is 17.1. The third kappa shape index (κ3) is 6.69. The van der Waals surface area contributed by atoms with Crippen LogP contribution in [0.2, 0.25) is 0 Å². The normalized spacial score (nSPS) is 16.9. The highest BCUT2D eigenvalue weighted by atomic mass is 16.5. The SMILES string of the molecule is COC(=O)N[C@H](C(=O)N1CCC[C@H]1C(=O)N[C@H](C(=O)Cn1nnnc1-c1ccccc1)C(C)C)C(C)C. The molecule has 3 atom stereocenters. The monoisotopic (exact) mass is 513 g/mol. The number of benzene rings is 1. The Morgan fingerprint density at radius 3 is 2.32 bits per heavy atom. The topological polar surface area (TPSA) is 148 Å². The van der Waals surface area contributed by atoms with Crippen molar-refractivity contribution in [1.82, 2.24) is 35.7 Å². The zero-order valence-corrected chi connectivity index (χ0v) is 21.9. The van der Waals surface area contributed by atoms with Gasteiger partial charge in [0, 0.05) is 12.1 Å². The van der Waals surface area contributed by atoms with Crippen molar-refractivity contribution in [2.45, 2.75) is 65.2 Å². The molecule has 3 amide bonds. The molecular weight excluding hydrogens is 478 g/mol. The molecule has 1 fully saturated rings. The summed E-state index contributed by atoms with van der Waals surface area (Å²) in [6.07, 6.45) is 0.387. The minimum atomic E-state index is -0.834. The molecule has 3 rings (SSSR count). The molecule has 0 unspecified atom stereocenters. The van der Waals surface area contributed by atoms with E-state index >= 15 is 0 Å². The van der Waals surface area contributed by atoms with Crippen LogP contribution in [0.1, 0.15) is 40.5 Å². The van der Waals surface area contributed by atoms with Crippen LogP contribution in [-0.4, -0.2) is 80.6 Å². The summed E-state index contributed by atoms with van der Waals surface area (Å²) in [6.45, 7) is 7.56. The van der Waals surface area contributed by atoms with Crippen LogP contribution in [0.15, 0.2) is 30.3 Å². The molecule has 2 aromatic rings. The number of carbonyl (C=O) groups is 4. The number of aromatic nitrogens is 4. The summed E-state index contributed by atoms with van der Waals surface area (Å²) in [7, 11) is 1.23. The van der Waals surface area contributed by atoms with Crippen LogP contribution in [0.4, 0.5) is 4.79 Å². The van der Waals surface area contributed by atoms with Gasteiger partial charge < -0.3 is 20.3 Å². The average molecular weight is 514 g/mol. The van der Waals surface area contributed by atoms with Gasteiger partial charge in [-0.25, -0.2) is 9.48 Å². The average Bonchev–Trinajstić information content (AvgIpc) is 3.55. The second-order valence-electron chi connectivity index (χ2n) is 9.77. The molecule has 1 aliphatic rings. The first-order valence-electron chi connectivity index (χ1n) is 12.4. The van der Waals surface area contributed by atoms with Crippen LogP contribution in [0.25, 0.3) is 11.4 Å². The van der Waals surface area contributed by atoms with Crippen LogP contribution >= 0.6 is 0 Å². The van der Waals surface area contributed by atoms with Gasteiger partial charge >= 0.3 is 6.09 Å². The number of nitrogens with one attached hydrogen (secondary N) is 2. The molecule has 2 N–H and O–H groups in total. The summed E-state index contributed by atoms with van der Waals surface area (Å²) in [5.41, 5.74) is 0.769. The fraction of sp³-hybridized carbons (Fsp3) is 0.560. The van der Waals surface area contributed by atoms with Crippen molar-refractivity contribution in [3.63, 3.8) is 0 Å². The molecule has 200 valence electrons. The van der Waals surface area contributed by atoms with E-state index in [2.05, 4.69) is 30.9 Å². The van der Waals surface area contributed by atoms with Crippen molar-refractivity contribution in [2.75, 3.05) is 13.7 Å². The van der Waals surface area contributed by atoms with Crippen LogP contribution in [0.5, 0.6) is 0 Å². The largest absolute Gasteiger partial charge is 0.453 e. The number of amides is 3. The first-order chi connectivity index (χ1) is 17.6. The van der Waals surface area contributed by atoms with Crippen molar-refractivity contribution in [3.05, 3.63) is 30.3 Å². The lowest BCUT2D eigenvalue weighted by Crippen LogP contribution is -2.57. The minimum Gasteiger partial charge on any atom is -0.453 e. The number of ether oxygens (including phenoxy) is 1. The number of alkyl carbamates (subject to hydrolysis) is 1. The number of Topliss-reactive ketones (excluding diaryl/α,β-unsaturated/α-hetero) is 1. The van der Waals surface area contributed by atoms with Crippen molar-refractivity contribution in [2.24, 2.45) is 11.8 Å². The maximum absolute atomic E-state index is 13.3. The lowest BCUT2D eigenvalue weighted by Gasteiger charge is -2.31. The number of rotatable bonds is 10. The number of likely N-dealkylation sites (tertiary alicyclic amines) is 1. The van der Waals surface area contributed by atoms with E-state index in [1.165, 1.54) is 16.7 Å². The lowest BCUT2D eigenvalue weighted by molar-refractivity contribution is -0.141. The molecule has 0 spiro atoms. The van der Waals surface area contributed by atoms with Gasteiger partial charge in [-0.3, -0.25) is 14.4 Å². The number of nitrogens with zero attached hydrogens (tertiary/aromatic N) is 5. The third-order valence-electron chi connectivity index (χ3n) is 6.41. The lowest BCUT2D eigenvalue weighted by atomic mass is 9.98. The van der Waals surface area contributed by atoms with Crippen molar-refractivity contribution in [1.29, 1.82) is 0 Å². The number of hydrogen-bond donors (Lipinski definition) is 2. The standard InChI is InChI=1S/C25H35N7O5/c1-15(2)20(19(33)14-32-22(28-29-30-32)17-10-7-6-8-11-17)26-23(34)18-12-9-13-31(18)24(35)21(16(3)4)27-25(36)37-5/h6-8,10-11,15-16,18,20-21H,9,12-14H2,1-5H3,(H,26,34)(H,27,36)/t18-,20-,21-/m0/s1. The molecule has 0 bridgehead atoms. The summed E-state index contributed by atoms with van der Waals surface area (Å²) < 4.78 is 6.06. The summed E-state index contributed by atoms with van der Waals surface area (Å²) in [4.78, 5) is 53.1.